The first-order valence-electron chi connectivity index (χ1n) is 6.97. The van der Waals surface area contributed by atoms with Crippen LogP contribution in [-0.4, -0.2) is 12.5 Å². The lowest BCUT2D eigenvalue weighted by molar-refractivity contribution is -0.121. The molecule has 0 aromatic heterocycles. The van der Waals surface area contributed by atoms with Gasteiger partial charge in [-0.25, -0.2) is 4.39 Å². The average molecular weight is 286 g/mol. The molecule has 0 radical (unpaired) electrons. The number of nitrogens with two attached hydrogens (primary N) is 1. The van der Waals surface area contributed by atoms with E-state index in [0.29, 0.717) is 13.0 Å². The number of halogens is 1. The van der Waals surface area contributed by atoms with Gasteiger partial charge in [0.1, 0.15) is 5.82 Å². The predicted octanol–water partition coefficient (Wildman–Crippen LogP) is 2.57. The van der Waals surface area contributed by atoms with Crippen LogP contribution >= 0.6 is 0 Å². The van der Waals surface area contributed by atoms with E-state index in [4.69, 9.17) is 5.73 Å². The number of carbonyl (C=O) groups excluding carboxylic acids is 1. The number of nitrogens with one attached hydrogen (secondary N) is 1. The minimum absolute atomic E-state index is 0.0755. The molecule has 0 heterocycles. The Labute approximate surface area is 124 Å². The number of hydrogen-bond acceptors (Lipinski definition) is 2. The van der Waals surface area contributed by atoms with Crippen molar-refractivity contribution in [1.82, 2.24) is 5.32 Å². The molecule has 21 heavy (non-hydrogen) atoms. The molecule has 0 spiro atoms. The fourth-order valence-corrected chi connectivity index (χ4v) is 2.09. The van der Waals surface area contributed by atoms with Crippen LogP contribution < -0.4 is 11.1 Å². The molecule has 4 heteroatoms. The number of rotatable bonds is 6. The van der Waals surface area contributed by atoms with Crippen molar-refractivity contribution in [3.05, 3.63) is 71.5 Å². The molecule has 1 unspecified atom stereocenters. The normalized spacial score (nSPS) is 11.9. The summed E-state index contributed by atoms with van der Waals surface area (Å²) >= 11 is 0. The molecule has 2 aromatic carbocycles. The van der Waals surface area contributed by atoms with Crippen LogP contribution in [0.25, 0.3) is 0 Å². The molecule has 3 N–H and O–H groups in total. The zero-order valence-corrected chi connectivity index (χ0v) is 11.8. The van der Waals surface area contributed by atoms with Crippen LogP contribution in [0.3, 0.4) is 0 Å². The molecule has 1 atom stereocenters. The van der Waals surface area contributed by atoms with Gasteiger partial charge in [0.15, 0.2) is 0 Å². The Morgan fingerprint density at radius 1 is 1.10 bits per heavy atom. The van der Waals surface area contributed by atoms with Crippen molar-refractivity contribution in [2.45, 2.75) is 18.9 Å². The number of hydrogen-bond donors (Lipinski definition) is 2. The standard InChI is InChI=1S/C17H19FN2O/c18-15-8-6-13(7-9-15)10-11-20-17(21)12-16(19)14-4-2-1-3-5-14/h1-9,16H,10-12,19H2,(H,20,21). The third kappa shape index (κ3) is 5.00. The maximum absolute atomic E-state index is 12.8. The first-order chi connectivity index (χ1) is 10.1. The Morgan fingerprint density at radius 3 is 2.43 bits per heavy atom. The van der Waals surface area contributed by atoms with Crippen LogP contribution in [0.2, 0.25) is 0 Å². The summed E-state index contributed by atoms with van der Waals surface area (Å²) in [7, 11) is 0. The molecular formula is C17H19FN2O. The fourth-order valence-electron chi connectivity index (χ4n) is 2.09. The van der Waals surface area contributed by atoms with E-state index in [0.717, 1.165) is 11.1 Å². The van der Waals surface area contributed by atoms with Gasteiger partial charge in [-0.1, -0.05) is 42.5 Å². The predicted molar refractivity (Wildman–Crippen MR) is 81.1 cm³/mol. The van der Waals surface area contributed by atoms with Gasteiger partial charge >= 0.3 is 0 Å². The van der Waals surface area contributed by atoms with Gasteiger partial charge in [0.25, 0.3) is 0 Å². The highest BCUT2D eigenvalue weighted by molar-refractivity contribution is 5.76. The van der Waals surface area contributed by atoms with Crippen molar-refractivity contribution in [2.24, 2.45) is 5.73 Å². The molecule has 1 amide bonds. The van der Waals surface area contributed by atoms with Crippen molar-refractivity contribution in [3.8, 4) is 0 Å². The summed E-state index contributed by atoms with van der Waals surface area (Å²) < 4.78 is 12.8. The van der Waals surface area contributed by atoms with E-state index in [2.05, 4.69) is 5.32 Å². The van der Waals surface area contributed by atoms with Gasteiger partial charge in [0.2, 0.25) is 5.91 Å². The smallest absolute Gasteiger partial charge is 0.221 e. The highest BCUT2D eigenvalue weighted by Gasteiger charge is 2.10. The minimum atomic E-state index is -0.294. The maximum Gasteiger partial charge on any atom is 0.221 e. The number of benzene rings is 2. The molecule has 2 aromatic rings. The first-order valence-corrected chi connectivity index (χ1v) is 6.97. The van der Waals surface area contributed by atoms with E-state index in [9.17, 15) is 9.18 Å². The molecule has 0 saturated heterocycles. The average Bonchev–Trinajstić information content (AvgIpc) is 2.50. The van der Waals surface area contributed by atoms with Gasteiger partial charge in [-0.2, -0.15) is 0 Å². The number of amides is 1. The van der Waals surface area contributed by atoms with Crippen molar-refractivity contribution >= 4 is 5.91 Å². The Hall–Kier alpha value is -2.20. The second-order valence-electron chi connectivity index (χ2n) is 4.95. The van der Waals surface area contributed by atoms with Gasteiger partial charge in [0.05, 0.1) is 0 Å². The molecule has 0 fully saturated rings. The summed E-state index contributed by atoms with van der Waals surface area (Å²) in [4.78, 5) is 11.8. The van der Waals surface area contributed by atoms with E-state index in [1.54, 1.807) is 12.1 Å². The van der Waals surface area contributed by atoms with Crippen molar-refractivity contribution < 1.29 is 9.18 Å². The third-order valence-corrected chi connectivity index (χ3v) is 3.28. The van der Waals surface area contributed by atoms with E-state index in [1.807, 2.05) is 30.3 Å². The van der Waals surface area contributed by atoms with Crippen molar-refractivity contribution in [1.29, 1.82) is 0 Å². The zero-order valence-electron chi connectivity index (χ0n) is 11.8. The molecule has 110 valence electrons. The minimum Gasteiger partial charge on any atom is -0.356 e. The quantitative estimate of drug-likeness (QED) is 0.857. The van der Waals surface area contributed by atoms with Gasteiger partial charge in [-0.3, -0.25) is 4.79 Å². The van der Waals surface area contributed by atoms with E-state index < -0.39 is 0 Å². The Bertz CT molecular complexity index is 569. The Balaban J connectivity index is 1.73. The summed E-state index contributed by atoms with van der Waals surface area (Å²) in [5, 5.41) is 2.83. The van der Waals surface area contributed by atoms with Crippen LogP contribution in [0.15, 0.2) is 54.6 Å². The fraction of sp³-hybridized carbons (Fsp3) is 0.235. The topological polar surface area (TPSA) is 55.1 Å². The monoisotopic (exact) mass is 286 g/mol. The molecule has 0 aliphatic carbocycles. The van der Waals surface area contributed by atoms with Crippen molar-refractivity contribution in [3.63, 3.8) is 0 Å². The molecular weight excluding hydrogens is 267 g/mol. The van der Waals surface area contributed by atoms with Crippen LogP contribution in [0, 0.1) is 5.82 Å². The molecule has 3 nitrogen and oxygen atoms in total. The first kappa shape index (κ1) is 15.2. The largest absolute Gasteiger partial charge is 0.356 e. The lowest BCUT2D eigenvalue weighted by atomic mass is 10.0. The molecule has 0 bridgehead atoms. The lowest BCUT2D eigenvalue weighted by Crippen LogP contribution is -2.29. The molecule has 0 aliphatic heterocycles. The summed E-state index contributed by atoms with van der Waals surface area (Å²) in [6.07, 6.45) is 0.931. The number of carbonyl (C=O) groups is 1. The lowest BCUT2D eigenvalue weighted by Gasteiger charge is -2.12. The van der Waals surface area contributed by atoms with E-state index in [-0.39, 0.29) is 24.2 Å². The third-order valence-electron chi connectivity index (χ3n) is 3.28. The van der Waals surface area contributed by atoms with Gasteiger partial charge < -0.3 is 11.1 Å². The zero-order chi connectivity index (χ0) is 15.1. The molecule has 2 rings (SSSR count). The second-order valence-corrected chi connectivity index (χ2v) is 4.95. The van der Waals surface area contributed by atoms with Crippen molar-refractivity contribution in [2.75, 3.05) is 6.54 Å². The Morgan fingerprint density at radius 2 is 1.76 bits per heavy atom. The molecule has 0 saturated carbocycles. The van der Waals surface area contributed by atoms with Gasteiger partial charge in [0, 0.05) is 19.0 Å². The van der Waals surface area contributed by atoms with Gasteiger partial charge in [-0.05, 0) is 29.7 Å². The van der Waals surface area contributed by atoms with Gasteiger partial charge in [-0.15, -0.1) is 0 Å². The van der Waals surface area contributed by atoms with Crippen LogP contribution in [0.4, 0.5) is 4.39 Å². The van der Waals surface area contributed by atoms with E-state index in [1.165, 1.54) is 12.1 Å². The highest BCUT2D eigenvalue weighted by atomic mass is 19.1. The SMILES string of the molecule is NC(CC(=O)NCCc1ccc(F)cc1)c1ccccc1. The van der Waals surface area contributed by atoms with Crippen LogP contribution in [-0.2, 0) is 11.2 Å². The summed E-state index contributed by atoms with van der Waals surface area (Å²) in [5.41, 5.74) is 7.93. The van der Waals surface area contributed by atoms with Crippen LogP contribution in [0.1, 0.15) is 23.6 Å². The highest BCUT2D eigenvalue weighted by Crippen LogP contribution is 2.12. The summed E-state index contributed by atoms with van der Waals surface area (Å²) in [6.45, 7) is 0.520. The second kappa shape index (κ2) is 7.55. The molecule has 0 aliphatic rings. The maximum atomic E-state index is 12.8. The summed E-state index contributed by atoms with van der Waals surface area (Å²) in [5.74, 6) is -0.329. The Kier molecular flexibility index (Phi) is 5.46. The van der Waals surface area contributed by atoms with Crippen LogP contribution in [0.5, 0.6) is 0 Å². The summed E-state index contributed by atoms with van der Waals surface area (Å²) in [6, 6.07) is 15.5. The van der Waals surface area contributed by atoms with E-state index >= 15 is 0 Å².